The van der Waals surface area contributed by atoms with Crippen molar-refractivity contribution in [2.24, 2.45) is 0 Å². The number of anilines is 1. The summed E-state index contributed by atoms with van der Waals surface area (Å²) in [6.07, 6.45) is 1.69. The molecule has 0 spiro atoms. The quantitative estimate of drug-likeness (QED) is 0.343. The zero-order valence-corrected chi connectivity index (χ0v) is 20.0. The molecule has 3 heterocycles. The second kappa shape index (κ2) is 9.65. The molecule has 0 N–H and O–H groups in total. The van der Waals surface area contributed by atoms with E-state index in [1.54, 1.807) is 54.0 Å². The van der Waals surface area contributed by atoms with Crippen LogP contribution in [-0.4, -0.2) is 37.4 Å². The molecule has 9 nitrogen and oxygen atoms in total. The van der Waals surface area contributed by atoms with Crippen LogP contribution < -0.4 is 14.6 Å². The van der Waals surface area contributed by atoms with Gasteiger partial charge in [0, 0.05) is 19.3 Å². The number of aryl methyl sites for hydroxylation is 1. The van der Waals surface area contributed by atoms with Gasteiger partial charge >= 0.3 is 5.97 Å². The molecule has 0 amide bonds. The highest BCUT2D eigenvalue weighted by Gasteiger charge is 2.22. The minimum atomic E-state index is -3.63. The summed E-state index contributed by atoms with van der Waals surface area (Å²) in [6, 6.07) is 14.4. The highest BCUT2D eigenvalue weighted by molar-refractivity contribution is 7.94. The Bertz CT molecular complexity index is 1480. The van der Waals surface area contributed by atoms with Gasteiger partial charge in [0.15, 0.2) is 6.61 Å². The van der Waals surface area contributed by atoms with Crippen molar-refractivity contribution in [3.63, 3.8) is 0 Å². The topological polar surface area (TPSA) is 107 Å². The SMILES string of the molecule is Cc1ccc2nc(COC(=O)COc3ccc(N(C)S(=O)(=O)c4cccs4)cc3)cc(=O)n2c1. The Morgan fingerprint density at radius 2 is 1.91 bits per heavy atom. The highest BCUT2D eigenvalue weighted by Crippen LogP contribution is 2.26. The molecule has 0 saturated carbocycles. The predicted molar refractivity (Wildman–Crippen MR) is 128 cm³/mol. The van der Waals surface area contributed by atoms with Gasteiger partial charge in [-0.3, -0.25) is 13.5 Å². The van der Waals surface area contributed by atoms with Crippen LogP contribution in [-0.2, 0) is 26.2 Å². The maximum Gasteiger partial charge on any atom is 0.344 e. The number of thiophene rings is 1. The number of benzene rings is 1. The van der Waals surface area contributed by atoms with Gasteiger partial charge in [0.25, 0.3) is 15.6 Å². The van der Waals surface area contributed by atoms with E-state index in [1.807, 2.05) is 13.0 Å². The molecule has 4 aromatic rings. The summed E-state index contributed by atoms with van der Waals surface area (Å²) in [4.78, 5) is 28.6. The van der Waals surface area contributed by atoms with Crippen molar-refractivity contribution in [1.29, 1.82) is 0 Å². The number of esters is 1. The number of rotatable bonds is 8. The van der Waals surface area contributed by atoms with Crippen LogP contribution in [0, 0.1) is 6.92 Å². The van der Waals surface area contributed by atoms with E-state index in [9.17, 15) is 18.0 Å². The number of fused-ring (bicyclic) bond motifs is 1. The van der Waals surface area contributed by atoms with E-state index in [-0.39, 0.29) is 23.0 Å². The molecule has 1 aromatic carbocycles. The third-order valence-corrected chi connectivity index (χ3v) is 8.07. The molecule has 0 saturated heterocycles. The zero-order valence-electron chi connectivity index (χ0n) is 18.4. The average Bonchev–Trinajstić information content (AvgIpc) is 3.38. The first-order valence-electron chi connectivity index (χ1n) is 10.1. The van der Waals surface area contributed by atoms with Gasteiger partial charge in [-0.05, 0) is 54.3 Å². The minimum Gasteiger partial charge on any atom is -0.482 e. The molecular weight excluding hydrogens is 478 g/mol. The Labute approximate surface area is 199 Å². The van der Waals surface area contributed by atoms with E-state index < -0.39 is 16.0 Å². The molecule has 0 unspecified atom stereocenters. The first-order valence-corrected chi connectivity index (χ1v) is 12.5. The van der Waals surface area contributed by atoms with Crippen molar-refractivity contribution in [1.82, 2.24) is 9.38 Å². The zero-order chi connectivity index (χ0) is 24.3. The fourth-order valence-electron chi connectivity index (χ4n) is 3.11. The van der Waals surface area contributed by atoms with Crippen LogP contribution in [0.1, 0.15) is 11.3 Å². The fourth-order valence-corrected chi connectivity index (χ4v) is 5.46. The van der Waals surface area contributed by atoms with Crippen LogP contribution in [0.4, 0.5) is 5.69 Å². The molecule has 0 aliphatic rings. The van der Waals surface area contributed by atoms with Crippen molar-refractivity contribution in [2.45, 2.75) is 17.7 Å². The number of sulfonamides is 1. The van der Waals surface area contributed by atoms with E-state index >= 15 is 0 Å². The van der Waals surface area contributed by atoms with Crippen molar-refractivity contribution in [2.75, 3.05) is 18.0 Å². The van der Waals surface area contributed by atoms with E-state index in [1.165, 1.54) is 21.8 Å². The molecule has 4 rings (SSSR count). The number of hydrogen-bond acceptors (Lipinski definition) is 8. The van der Waals surface area contributed by atoms with E-state index in [0.29, 0.717) is 22.8 Å². The smallest absolute Gasteiger partial charge is 0.344 e. The molecule has 0 fully saturated rings. The van der Waals surface area contributed by atoms with Crippen molar-refractivity contribution in [3.8, 4) is 5.75 Å². The summed E-state index contributed by atoms with van der Waals surface area (Å²) in [5, 5.41) is 1.70. The summed E-state index contributed by atoms with van der Waals surface area (Å²) < 4.78 is 38.7. The molecule has 34 heavy (non-hydrogen) atoms. The predicted octanol–water partition coefficient (Wildman–Crippen LogP) is 3.01. The molecule has 3 aromatic heterocycles. The molecule has 0 radical (unpaired) electrons. The number of ether oxygens (including phenoxy) is 2. The van der Waals surface area contributed by atoms with Crippen molar-refractivity contribution >= 4 is 38.7 Å². The van der Waals surface area contributed by atoms with Crippen LogP contribution in [0.2, 0.25) is 0 Å². The lowest BCUT2D eigenvalue weighted by atomic mass is 10.3. The number of pyridine rings is 1. The summed E-state index contributed by atoms with van der Waals surface area (Å²) in [6.45, 7) is 1.36. The van der Waals surface area contributed by atoms with Gasteiger partial charge in [-0.1, -0.05) is 12.1 Å². The van der Waals surface area contributed by atoms with Crippen molar-refractivity contribution < 1.29 is 22.7 Å². The first-order chi connectivity index (χ1) is 16.2. The Hall–Kier alpha value is -3.70. The van der Waals surface area contributed by atoms with Gasteiger partial charge < -0.3 is 9.47 Å². The normalized spacial score (nSPS) is 11.4. The van der Waals surface area contributed by atoms with Crippen LogP contribution in [0.5, 0.6) is 5.75 Å². The summed E-state index contributed by atoms with van der Waals surface area (Å²) in [5.41, 5.74) is 1.92. The van der Waals surface area contributed by atoms with Gasteiger partial charge in [0.2, 0.25) is 0 Å². The maximum absolute atomic E-state index is 12.6. The van der Waals surface area contributed by atoms with Crippen LogP contribution in [0.3, 0.4) is 0 Å². The second-order valence-electron chi connectivity index (χ2n) is 7.37. The van der Waals surface area contributed by atoms with Crippen LogP contribution in [0.25, 0.3) is 5.65 Å². The largest absolute Gasteiger partial charge is 0.482 e. The van der Waals surface area contributed by atoms with Gasteiger partial charge in [-0.15, -0.1) is 11.3 Å². The van der Waals surface area contributed by atoms with E-state index in [4.69, 9.17) is 9.47 Å². The van der Waals surface area contributed by atoms with E-state index in [2.05, 4.69) is 4.98 Å². The van der Waals surface area contributed by atoms with Gasteiger partial charge in [-0.2, -0.15) is 0 Å². The molecule has 0 aliphatic carbocycles. The third-order valence-electron chi connectivity index (χ3n) is 4.91. The Kier molecular flexibility index (Phi) is 6.66. The first kappa shape index (κ1) is 23.5. The fraction of sp³-hybridized carbons (Fsp3) is 0.174. The lowest BCUT2D eigenvalue weighted by Crippen LogP contribution is -2.25. The molecule has 176 valence electrons. The lowest BCUT2D eigenvalue weighted by Gasteiger charge is -2.18. The van der Waals surface area contributed by atoms with Gasteiger partial charge in [0.05, 0.1) is 11.4 Å². The Morgan fingerprint density at radius 3 is 2.62 bits per heavy atom. The van der Waals surface area contributed by atoms with Gasteiger partial charge in [-0.25, -0.2) is 18.2 Å². The summed E-state index contributed by atoms with van der Waals surface area (Å²) >= 11 is 1.14. The summed E-state index contributed by atoms with van der Waals surface area (Å²) in [7, 11) is -2.16. The standard InChI is InChI=1S/C23H21N3O6S2/c1-16-5-10-20-24-17(12-21(27)26(20)13-16)14-32-22(28)15-31-19-8-6-18(7-9-19)25(2)34(29,30)23-4-3-11-33-23/h3-13H,14-15H2,1-2H3. The second-order valence-corrected chi connectivity index (χ2v) is 10.5. The number of carbonyl (C=O) groups excluding carboxylic acids is 1. The Balaban J connectivity index is 1.32. The third kappa shape index (κ3) is 5.10. The lowest BCUT2D eigenvalue weighted by molar-refractivity contribution is -0.147. The van der Waals surface area contributed by atoms with Crippen molar-refractivity contribution in [3.05, 3.63) is 87.8 Å². The molecule has 0 atom stereocenters. The number of carbonyl (C=O) groups is 1. The molecular formula is C23H21N3O6S2. The summed E-state index contributed by atoms with van der Waals surface area (Å²) in [5.74, 6) is -0.257. The molecule has 11 heteroatoms. The van der Waals surface area contributed by atoms with Crippen LogP contribution >= 0.6 is 11.3 Å². The minimum absolute atomic E-state index is 0.161. The highest BCUT2D eigenvalue weighted by atomic mass is 32.2. The van der Waals surface area contributed by atoms with Crippen LogP contribution in [0.15, 0.2) is 75.2 Å². The number of aromatic nitrogens is 2. The monoisotopic (exact) mass is 499 g/mol. The Morgan fingerprint density at radius 1 is 1.15 bits per heavy atom. The number of nitrogens with zero attached hydrogens (tertiary/aromatic N) is 3. The number of hydrogen-bond donors (Lipinski definition) is 0. The molecule has 0 bridgehead atoms. The average molecular weight is 500 g/mol. The van der Waals surface area contributed by atoms with Gasteiger partial charge in [0.1, 0.15) is 22.2 Å². The maximum atomic E-state index is 12.6. The molecule has 0 aliphatic heterocycles. The van der Waals surface area contributed by atoms with E-state index in [0.717, 1.165) is 16.9 Å².